The molecule has 2 aliphatic rings. The number of nitrogens with one attached hydrogen (secondary N) is 1. The first-order chi connectivity index (χ1) is 15.1. The molecule has 1 atom stereocenters. The van der Waals surface area contributed by atoms with Crippen LogP contribution in [-0.4, -0.2) is 42.7 Å². The van der Waals surface area contributed by atoms with E-state index in [9.17, 15) is 9.59 Å². The molecule has 5 rings (SSSR count). The predicted octanol–water partition coefficient (Wildman–Crippen LogP) is 3.45. The van der Waals surface area contributed by atoms with E-state index in [1.165, 1.54) is 0 Å². The van der Waals surface area contributed by atoms with Gasteiger partial charge in [-0.05, 0) is 31.1 Å². The van der Waals surface area contributed by atoms with Crippen LogP contribution in [0.2, 0.25) is 0 Å². The summed E-state index contributed by atoms with van der Waals surface area (Å²) in [4.78, 5) is 27.1. The molecule has 1 N–H and O–H groups in total. The first-order valence-electron chi connectivity index (χ1n) is 10.7. The molecule has 0 bridgehead atoms. The predicted molar refractivity (Wildman–Crippen MR) is 122 cm³/mol. The van der Waals surface area contributed by atoms with Gasteiger partial charge in [-0.3, -0.25) is 9.59 Å². The number of para-hydroxylation sites is 2. The number of aromatic nitrogens is 1. The summed E-state index contributed by atoms with van der Waals surface area (Å²) < 4.78 is 7.53. The van der Waals surface area contributed by atoms with Crippen LogP contribution in [0, 0.1) is 0 Å². The van der Waals surface area contributed by atoms with Crippen LogP contribution in [0.25, 0.3) is 22.6 Å². The number of fused-ring (bicyclic) bond motifs is 2. The molecule has 2 amide bonds. The molecular formula is C25H25N3O3. The van der Waals surface area contributed by atoms with Crippen molar-refractivity contribution < 1.29 is 14.3 Å². The molecule has 3 heterocycles. The molecule has 0 spiro atoms. The summed E-state index contributed by atoms with van der Waals surface area (Å²) in [7, 11) is 1.80. The van der Waals surface area contributed by atoms with Crippen LogP contribution in [0.4, 0.5) is 5.69 Å². The van der Waals surface area contributed by atoms with E-state index in [1.807, 2.05) is 65.4 Å². The first kappa shape index (κ1) is 19.6. The van der Waals surface area contributed by atoms with Gasteiger partial charge in [0.2, 0.25) is 5.91 Å². The molecule has 0 radical (unpaired) electrons. The lowest BCUT2D eigenvalue weighted by Gasteiger charge is -2.11. The van der Waals surface area contributed by atoms with Gasteiger partial charge in [-0.15, -0.1) is 0 Å². The summed E-state index contributed by atoms with van der Waals surface area (Å²) in [5, 5.41) is 4.00. The topological polar surface area (TPSA) is 63.6 Å². The van der Waals surface area contributed by atoms with E-state index in [1.54, 1.807) is 11.9 Å². The van der Waals surface area contributed by atoms with E-state index in [0.717, 1.165) is 47.2 Å². The average molecular weight is 415 g/mol. The zero-order valence-electron chi connectivity index (χ0n) is 17.5. The Kier molecular flexibility index (Phi) is 5.08. The Labute approximate surface area is 181 Å². The number of rotatable bonds is 5. The molecule has 0 aliphatic carbocycles. The van der Waals surface area contributed by atoms with Gasteiger partial charge >= 0.3 is 0 Å². The third-order valence-corrected chi connectivity index (χ3v) is 6.07. The molecule has 0 saturated carbocycles. The minimum Gasteiger partial charge on any atom is -0.376 e. The lowest BCUT2D eigenvalue weighted by Crippen LogP contribution is -2.34. The molecule has 1 fully saturated rings. The fraction of sp³-hybridized carbons (Fsp3) is 0.280. The van der Waals surface area contributed by atoms with Crippen LogP contribution in [0.5, 0.6) is 0 Å². The number of hydrogen-bond donors (Lipinski definition) is 1. The second kappa shape index (κ2) is 8.04. The van der Waals surface area contributed by atoms with Crippen molar-refractivity contribution >= 4 is 40.1 Å². The van der Waals surface area contributed by atoms with E-state index in [-0.39, 0.29) is 24.5 Å². The van der Waals surface area contributed by atoms with Crippen LogP contribution in [0.1, 0.15) is 24.0 Å². The highest BCUT2D eigenvalue weighted by atomic mass is 16.5. The highest BCUT2D eigenvalue weighted by Gasteiger charge is 2.29. The summed E-state index contributed by atoms with van der Waals surface area (Å²) in [5.74, 6) is -0.0650. The summed E-state index contributed by atoms with van der Waals surface area (Å²) in [6.45, 7) is 1.55. The minimum atomic E-state index is -0.0440. The Bertz CT molecular complexity index is 1190. The normalized spacial score (nSPS) is 19.4. The molecule has 2 aliphatic heterocycles. The van der Waals surface area contributed by atoms with Gasteiger partial charge in [0.05, 0.1) is 11.8 Å². The lowest BCUT2D eigenvalue weighted by molar-refractivity contribution is -0.122. The molecule has 6 heteroatoms. The van der Waals surface area contributed by atoms with Crippen molar-refractivity contribution in [2.75, 3.05) is 25.1 Å². The minimum absolute atomic E-state index is 0.0210. The number of likely N-dealkylation sites (N-methyl/N-ethyl adjacent to an activating group) is 1. The molecule has 0 unspecified atom stereocenters. The SMILES string of the molecule is CN1C(=O)/C(=C\c2cn(CC(=O)NC[C@H]3CCCO3)c3ccccc23)c2ccccc21. The van der Waals surface area contributed by atoms with E-state index in [4.69, 9.17) is 4.74 Å². The smallest absolute Gasteiger partial charge is 0.258 e. The summed E-state index contributed by atoms with van der Waals surface area (Å²) in [6.07, 6.45) is 6.06. The first-order valence-corrected chi connectivity index (χ1v) is 10.7. The van der Waals surface area contributed by atoms with Gasteiger partial charge in [0.1, 0.15) is 6.54 Å². The number of nitrogens with zero attached hydrogens (tertiary/aromatic N) is 2. The van der Waals surface area contributed by atoms with Crippen molar-refractivity contribution in [1.29, 1.82) is 0 Å². The molecule has 31 heavy (non-hydrogen) atoms. The molecular weight excluding hydrogens is 390 g/mol. The molecule has 1 saturated heterocycles. The molecule has 6 nitrogen and oxygen atoms in total. The molecule has 2 aromatic carbocycles. The number of amides is 2. The third kappa shape index (κ3) is 3.64. The highest BCUT2D eigenvalue weighted by molar-refractivity contribution is 6.36. The Hall–Kier alpha value is -3.38. The van der Waals surface area contributed by atoms with E-state index < -0.39 is 0 Å². The van der Waals surface area contributed by atoms with E-state index in [2.05, 4.69) is 5.32 Å². The molecule has 158 valence electrons. The number of carbonyl (C=O) groups excluding carboxylic acids is 2. The standard InChI is InChI=1S/C25H25N3O3/c1-27-22-10-4-3-9-20(22)21(25(27)30)13-17-15-28(23-11-5-2-8-19(17)23)16-24(29)26-14-18-7-6-12-31-18/h2-5,8-11,13,15,18H,6-7,12,14,16H2,1H3,(H,26,29)/b21-13-/t18-/m1/s1. The van der Waals surface area contributed by atoms with Crippen molar-refractivity contribution in [3.05, 3.63) is 65.9 Å². The Balaban J connectivity index is 1.45. The second-order valence-corrected chi connectivity index (χ2v) is 8.11. The van der Waals surface area contributed by atoms with Gasteiger partial charge < -0.3 is 19.5 Å². The monoisotopic (exact) mass is 415 g/mol. The number of hydrogen-bond acceptors (Lipinski definition) is 3. The Morgan fingerprint density at radius 1 is 1.19 bits per heavy atom. The van der Waals surface area contributed by atoms with E-state index >= 15 is 0 Å². The van der Waals surface area contributed by atoms with Crippen molar-refractivity contribution in [3.63, 3.8) is 0 Å². The number of anilines is 1. The van der Waals surface area contributed by atoms with Gasteiger partial charge in [-0.1, -0.05) is 36.4 Å². The van der Waals surface area contributed by atoms with E-state index in [0.29, 0.717) is 12.1 Å². The maximum absolute atomic E-state index is 12.9. The summed E-state index contributed by atoms with van der Waals surface area (Å²) >= 11 is 0. The van der Waals surface area contributed by atoms with Gasteiger partial charge in [-0.25, -0.2) is 0 Å². The van der Waals surface area contributed by atoms with Gasteiger partial charge in [0.15, 0.2) is 0 Å². The van der Waals surface area contributed by atoms with Gasteiger partial charge in [0, 0.05) is 54.0 Å². The van der Waals surface area contributed by atoms with Gasteiger partial charge in [-0.2, -0.15) is 0 Å². The van der Waals surface area contributed by atoms with Gasteiger partial charge in [0.25, 0.3) is 5.91 Å². The quantitative estimate of drug-likeness (QED) is 0.649. The zero-order valence-corrected chi connectivity index (χ0v) is 17.5. The Morgan fingerprint density at radius 2 is 2.00 bits per heavy atom. The summed E-state index contributed by atoms with van der Waals surface area (Å²) in [6, 6.07) is 15.8. The Morgan fingerprint density at radius 3 is 2.84 bits per heavy atom. The van der Waals surface area contributed by atoms with Crippen LogP contribution < -0.4 is 10.2 Å². The van der Waals surface area contributed by atoms with Crippen molar-refractivity contribution in [1.82, 2.24) is 9.88 Å². The molecule has 3 aromatic rings. The number of benzene rings is 2. The average Bonchev–Trinajstić information content (AvgIpc) is 3.49. The van der Waals surface area contributed by atoms with Crippen LogP contribution >= 0.6 is 0 Å². The lowest BCUT2D eigenvalue weighted by atomic mass is 10.0. The van der Waals surface area contributed by atoms with Crippen molar-refractivity contribution in [2.24, 2.45) is 0 Å². The second-order valence-electron chi connectivity index (χ2n) is 8.11. The van der Waals surface area contributed by atoms with Crippen molar-refractivity contribution in [2.45, 2.75) is 25.5 Å². The van der Waals surface area contributed by atoms with Crippen LogP contribution in [0.15, 0.2) is 54.7 Å². The maximum Gasteiger partial charge on any atom is 0.258 e. The van der Waals surface area contributed by atoms with Crippen LogP contribution in [0.3, 0.4) is 0 Å². The zero-order chi connectivity index (χ0) is 21.4. The third-order valence-electron chi connectivity index (χ3n) is 6.07. The summed E-state index contributed by atoms with van der Waals surface area (Å²) in [5.41, 5.74) is 4.41. The number of carbonyl (C=O) groups is 2. The van der Waals surface area contributed by atoms with Crippen molar-refractivity contribution in [3.8, 4) is 0 Å². The highest BCUT2D eigenvalue weighted by Crippen LogP contribution is 2.37. The largest absolute Gasteiger partial charge is 0.376 e. The fourth-order valence-electron chi connectivity index (χ4n) is 4.46. The maximum atomic E-state index is 12.9. The van der Waals surface area contributed by atoms with Crippen LogP contribution in [-0.2, 0) is 20.9 Å². The molecule has 1 aromatic heterocycles. The fourth-order valence-corrected chi connectivity index (χ4v) is 4.46. The number of ether oxygens (including phenoxy) is 1.